The van der Waals surface area contributed by atoms with Gasteiger partial charge in [0.05, 0.1) is 11.0 Å². The summed E-state index contributed by atoms with van der Waals surface area (Å²) in [7, 11) is -1.92. The lowest BCUT2D eigenvalue weighted by molar-refractivity contribution is 0.177. The van der Waals surface area contributed by atoms with Gasteiger partial charge in [0.2, 0.25) is 10.0 Å². The Bertz CT molecular complexity index is 506. The van der Waals surface area contributed by atoms with Crippen LogP contribution in [0.1, 0.15) is 32.8 Å². The van der Waals surface area contributed by atoms with E-state index in [9.17, 15) is 13.5 Å². The highest BCUT2D eigenvalue weighted by molar-refractivity contribution is 7.89. The van der Waals surface area contributed by atoms with Crippen molar-refractivity contribution in [2.24, 2.45) is 5.92 Å². The topological polar surface area (TPSA) is 57.6 Å². The predicted octanol–water partition coefficient (Wildman–Crippen LogP) is 2.28. The minimum atomic E-state index is -3.46. The fourth-order valence-corrected chi connectivity index (χ4v) is 3.12. The van der Waals surface area contributed by atoms with Gasteiger partial charge >= 0.3 is 0 Å². The number of sulfonamides is 1. The van der Waals surface area contributed by atoms with Gasteiger partial charge in [-0.15, -0.1) is 0 Å². The van der Waals surface area contributed by atoms with Crippen LogP contribution < -0.4 is 0 Å². The molecular weight excluding hydrogens is 274 g/mol. The molecule has 0 bridgehead atoms. The van der Waals surface area contributed by atoms with E-state index < -0.39 is 16.1 Å². The zero-order valence-corrected chi connectivity index (χ0v) is 13.5. The maximum Gasteiger partial charge on any atom is 0.242 e. The first-order chi connectivity index (χ1) is 9.23. The van der Waals surface area contributed by atoms with Gasteiger partial charge in [-0.05, 0) is 43.4 Å². The Labute approximate surface area is 122 Å². The predicted molar refractivity (Wildman–Crippen MR) is 81.1 cm³/mol. The van der Waals surface area contributed by atoms with Crippen molar-refractivity contribution in [2.45, 2.75) is 44.6 Å². The fraction of sp³-hybridized carbons (Fsp3) is 0.600. The summed E-state index contributed by atoms with van der Waals surface area (Å²) in [6, 6.07) is 7.06. The second-order valence-electron chi connectivity index (χ2n) is 5.71. The molecule has 0 aliphatic rings. The van der Waals surface area contributed by atoms with E-state index in [0.29, 0.717) is 23.8 Å². The second kappa shape index (κ2) is 7.20. The van der Waals surface area contributed by atoms with Crippen molar-refractivity contribution in [3.8, 4) is 0 Å². The van der Waals surface area contributed by atoms with Crippen molar-refractivity contribution in [1.29, 1.82) is 0 Å². The summed E-state index contributed by atoms with van der Waals surface area (Å²) >= 11 is 0. The van der Waals surface area contributed by atoms with E-state index in [1.807, 2.05) is 12.1 Å². The Morgan fingerprint density at radius 3 is 2.15 bits per heavy atom. The van der Waals surface area contributed by atoms with Crippen LogP contribution in [0.15, 0.2) is 29.2 Å². The van der Waals surface area contributed by atoms with Crippen LogP contribution in [0.2, 0.25) is 0 Å². The Kier molecular flexibility index (Phi) is 6.17. The molecule has 1 unspecified atom stereocenters. The highest BCUT2D eigenvalue weighted by atomic mass is 32.2. The zero-order valence-electron chi connectivity index (χ0n) is 12.7. The quantitative estimate of drug-likeness (QED) is 0.840. The third-order valence-corrected chi connectivity index (χ3v) is 5.01. The van der Waals surface area contributed by atoms with Crippen molar-refractivity contribution < 1.29 is 13.5 Å². The monoisotopic (exact) mass is 299 g/mol. The summed E-state index contributed by atoms with van der Waals surface area (Å²) < 4.78 is 25.9. The molecule has 20 heavy (non-hydrogen) atoms. The average molecular weight is 299 g/mol. The Hall–Kier alpha value is -0.910. The molecule has 0 spiro atoms. The molecule has 114 valence electrons. The highest BCUT2D eigenvalue weighted by Gasteiger charge is 2.20. The van der Waals surface area contributed by atoms with Crippen LogP contribution in [0.4, 0.5) is 0 Å². The molecule has 0 aliphatic heterocycles. The van der Waals surface area contributed by atoms with E-state index in [1.54, 1.807) is 26.1 Å². The molecule has 5 heteroatoms. The van der Waals surface area contributed by atoms with E-state index in [0.717, 1.165) is 12.0 Å². The van der Waals surface area contributed by atoms with Crippen LogP contribution in [0, 0.1) is 5.92 Å². The zero-order chi connectivity index (χ0) is 15.3. The van der Waals surface area contributed by atoms with Crippen molar-refractivity contribution in [2.75, 3.05) is 13.6 Å². The Morgan fingerprint density at radius 1 is 1.15 bits per heavy atom. The SMILES string of the molecule is CC(C)Cc1ccc(S(=O)(=O)N(C)CCC(C)O)cc1. The molecule has 0 saturated carbocycles. The number of benzene rings is 1. The molecule has 0 aliphatic carbocycles. The average Bonchev–Trinajstić information content (AvgIpc) is 2.35. The smallest absolute Gasteiger partial charge is 0.242 e. The van der Waals surface area contributed by atoms with Gasteiger partial charge in [0.25, 0.3) is 0 Å². The molecule has 0 amide bonds. The van der Waals surface area contributed by atoms with E-state index in [4.69, 9.17) is 0 Å². The Balaban J connectivity index is 2.81. The lowest BCUT2D eigenvalue weighted by Crippen LogP contribution is -2.29. The standard InChI is InChI=1S/C15H25NO3S/c1-12(2)11-14-5-7-15(8-6-14)20(18,19)16(4)10-9-13(3)17/h5-8,12-13,17H,9-11H2,1-4H3. The first-order valence-electron chi connectivity index (χ1n) is 6.97. The van der Waals surface area contributed by atoms with Gasteiger partial charge in [-0.1, -0.05) is 26.0 Å². The van der Waals surface area contributed by atoms with E-state index in [2.05, 4.69) is 13.8 Å². The van der Waals surface area contributed by atoms with Gasteiger partial charge in [-0.2, -0.15) is 0 Å². The number of aliphatic hydroxyl groups excluding tert-OH is 1. The molecule has 0 radical (unpaired) electrons. The number of hydrogen-bond donors (Lipinski definition) is 1. The molecule has 1 atom stereocenters. The minimum absolute atomic E-state index is 0.304. The normalized spacial score (nSPS) is 13.9. The van der Waals surface area contributed by atoms with Crippen LogP contribution in [0.3, 0.4) is 0 Å². The number of rotatable bonds is 7. The summed E-state index contributed by atoms with van der Waals surface area (Å²) in [5.74, 6) is 0.547. The third-order valence-electron chi connectivity index (χ3n) is 3.14. The second-order valence-corrected chi connectivity index (χ2v) is 7.75. The summed E-state index contributed by atoms with van der Waals surface area (Å²) in [6.07, 6.45) is 0.875. The summed E-state index contributed by atoms with van der Waals surface area (Å²) in [5, 5.41) is 9.24. The molecule has 1 aromatic carbocycles. The maximum atomic E-state index is 12.3. The molecule has 0 fully saturated rings. The molecule has 1 rings (SSSR count). The van der Waals surface area contributed by atoms with Crippen molar-refractivity contribution in [1.82, 2.24) is 4.31 Å². The number of nitrogens with zero attached hydrogens (tertiary/aromatic N) is 1. The van der Waals surface area contributed by atoms with Crippen LogP contribution >= 0.6 is 0 Å². The van der Waals surface area contributed by atoms with Crippen LogP contribution in [-0.2, 0) is 16.4 Å². The maximum absolute atomic E-state index is 12.3. The lowest BCUT2D eigenvalue weighted by Gasteiger charge is -2.18. The molecule has 0 saturated heterocycles. The molecule has 4 nitrogen and oxygen atoms in total. The molecular formula is C15H25NO3S. The number of hydrogen-bond acceptors (Lipinski definition) is 3. The van der Waals surface area contributed by atoms with Gasteiger partial charge in [-0.3, -0.25) is 0 Å². The van der Waals surface area contributed by atoms with Crippen LogP contribution in [0.5, 0.6) is 0 Å². The molecule has 1 aromatic rings. The van der Waals surface area contributed by atoms with Crippen molar-refractivity contribution >= 4 is 10.0 Å². The van der Waals surface area contributed by atoms with Gasteiger partial charge < -0.3 is 5.11 Å². The molecule has 0 heterocycles. The third kappa shape index (κ3) is 4.89. The molecule has 0 aromatic heterocycles. The first-order valence-corrected chi connectivity index (χ1v) is 8.41. The number of aliphatic hydroxyl groups is 1. The molecule has 1 N–H and O–H groups in total. The summed E-state index contributed by atoms with van der Waals surface area (Å²) in [6.45, 7) is 6.23. The van der Waals surface area contributed by atoms with E-state index in [1.165, 1.54) is 4.31 Å². The van der Waals surface area contributed by atoms with Gasteiger partial charge in [-0.25, -0.2) is 12.7 Å². The van der Waals surface area contributed by atoms with Crippen molar-refractivity contribution in [3.63, 3.8) is 0 Å². The van der Waals surface area contributed by atoms with Gasteiger partial charge in [0, 0.05) is 13.6 Å². The highest BCUT2D eigenvalue weighted by Crippen LogP contribution is 2.17. The lowest BCUT2D eigenvalue weighted by atomic mass is 10.0. The minimum Gasteiger partial charge on any atom is -0.393 e. The van der Waals surface area contributed by atoms with Crippen molar-refractivity contribution in [3.05, 3.63) is 29.8 Å². The van der Waals surface area contributed by atoms with Crippen LogP contribution in [0.25, 0.3) is 0 Å². The van der Waals surface area contributed by atoms with Gasteiger partial charge in [0.1, 0.15) is 0 Å². The van der Waals surface area contributed by atoms with E-state index >= 15 is 0 Å². The largest absolute Gasteiger partial charge is 0.393 e. The van der Waals surface area contributed by atoms with Crippen LogP contribution in [-0.4, -0.2) is 37.5 Å². The first kappa shape index (κ1) is 17.1. The summed E-state index contributed by atoms with van der Waals surface area (Å²) in [4.78, 5) is 0.304. The van der Waals surface area contributed by atoms with Gasteiger partial charge in [0.15, 0.2) is 0 Å². The Morgan fingerprint density at radius 2 is 1.70 bits per heavy atom. The van der Waals surface area contributed by atoms with E-state index in [-0.39, 0.29) is 0 Å². The summed E-state index contributed by atoms with van der Waals surface area (Å²) in [5.41, 5.74) is 1.14. The fourth-order valence-electron chi connectivity index (χ4n) is 1.94.